The summed E-state index contributed by atoms with van der Waals surface area (Å²) in [5, 5.41) is 0.201. The van der Waals surface area contributed by atoms with E-state index in [1.54, 1.807) is 12.1 Å². The van der Waals surface area contributed by atoms with E-state index in [1.807, 2.05) is 6.92 Å². The molecule has 0 unspecified atom stereocenters. The molecule has 0 spiro atoms. The van der Waals surface area contributed by atoms with E-state index in [1.165, 1.54) is 6.20 Å². The van der Waals surface area contributed by atoms with Gasteiger partial charge in [0.15, 0.2) is 0 Å². The molecule has 0 saturated heterocycles. The van der Waals surface area contributed by atoms with Crippen LogP contribution >= 0.6 is 27.5 Å². The highest BCUT2D eigenvalue weighted by Crippen LogP contribution is 2.29. The quantitative estimate of drug-likeness (QED) is 0.907. The molecule has 2 heterocycles. The van der Waals surface area contributed by atoms with Crippen molar-refractivity contribution in [2.24, 2.45) is 5.73 Å². The zero-order chi connectivity index (χ0) is 14.7. The van der Waals surface area contributed by atoms with Gasteiger partial charge in [-0.2, -0.15) is 0 Å². The van der Waals surface area contributed by atoms with Crippen molar-refractivity contribution in [3.63, 3.8) is 0 Å². The molecule has 0 aromatic carbocycles. The minimum absolute atomic E-state index is 0.0493. The van der Waals surface area contributed by atoms with Crippen LogP contribution in [0.25, 0.3) is 11.3 Å². The van der Waals surface area contributed by atoms with Crippen molar-refractivity contribution >= 4 is 33.4 Å². The summed E-state index contributed by atoms with van der Waals surface area (Å²) in [5.74, 6) is -0.369. The molecule has 20 heavy (non-hydrogen) atoms. The summed E-state index contributed by atoms with van der Waals surface area (Å²) >= 11 is 9.08. The second-order valence-electron chi connectivity index (χ2n) is 3.68. The Labute approximate surface area is 128 Å². The molecular weight excluding hydrogens is 348 g/mol. The van der Waals surface area contributed by atoms with Crippen LogP contribution in [-0.4, -0.2) is 27.5 Å². The first-order chi connectivity index (χ1) is 9.52. The topological polar surface area (TPSA) is 91.0 Å². The molecule has 2 N–H and O–H groups in total. The van der Waals surface area contributed by atoms with E-state index in [4.69, 9.17) is 22.1 Å². The number of hydrogen-bond acceptors (Lipinski definition) is 5. The Morgan fingerprint density at radius 2 is 2.20 bits per heavy atom. The summed E-state index contributed by atoms with van der Waals surface area (Å²) < 4.78 is 5.69. The van der Waals surface area contributed by atoms with Gasteiger partial charge < -0.3 is 10.5 Å². The van der Waals surface area contributed by atoms with Gasteiger partial charge in [-0.3, -0.25) is 4.79 Å². The number of nitrogens with zero attached hydrogens (tertiary/aromatic N) is 3. The predicted octanol–water partition coefficient (Wildman–Crippen LogP) is 2.45. The molecule has 1 amide bonds. The molecule has 0 atom stereocenters. The van der Waals surface area contributed by atoms with E-state index in [-0.39, 0.29) is 10.8 Å². The van der Waals surface area contributed by atoms with Gasteiger partial charge in [0.1, 0.15) is 21.1 Å². The van der Waals surface area contributed by atoms with Gasteiger partial charge >= 0.3 is 0 Å². The Morgan fingerprint density at radius 1 is 1.45 bits per heavy atom. The summed E-state index contributed by atoms with van der Waals surface area (Å²) in [5.41, 5.74) is 6.22. The molecule has 0 saturated carbocycles. The monoisotopic (exact) mass is 356 g/mol. The lowest BCUT2D eigenvalue weighted by Gasteiger charge is -2.09. The Hall–Kier alpha value is -1.73. The van der Waals surface area contributed by atoms with Gasteiger partial charge in [0, 0.05) is 11.6 Å². The smallest absolute Gasteiger partial charge is 0.268 e. The molecule has 2 aromatic heterocycles. The third-order valence-corrected chi connectivity index (χ3v) is 3.11. The minimum Gasteiger partial charge on any atom is -0.478 e. The van der Waals surface area contributed by atoms with Gasteiger partial charge in [-0.25, -0.2) is 15.0 Å². The second-order valence-corrected chi connectivity index (χ2v) is 4.81. The highest BCUT2D eigenvalue weighted by atomic mass is 79.9. The summed E-state index contributed by atoms with van der Waals surface area (Å²) in [4.78, 5) is 23.8. The normalized spacial score (nSPS) is 10.3. The Morgan fingerprint density at radius 3 is 2.85 bits per heavy atom. The number of hydrogen-bond donors (Lipinski definition) is 1. The second kappa shape index (κ2) is 6.15. The lowest BCUT2D eigenvalue weighted by Crippen LogP contribution is -2.15. The highest BCUT2D eigenvalue weighted by Gasteiger charge is 2.17. The number of carbonyl (C=O) groups excluding carboxylic acids is 1. The molecule has 0 aliphatic carbocycles. The Kier molecular flexibility index (Phi) is 4.51. The van der Waals surface area contributed by atoms with Crippen molar-refractivity contribution in [1.29, 1.82) is 0 Å². The van der Waals surface area contributed by atoms with E-state index in [2.05, 4.69) is 30.9 Å². The van der Waals surface area contributed by atoms with Crippen molar-refractivity contribution in [2.75, 3.05) is 6.61 Å². The zero-order valence-corrected chi connectivity index (χ0v) is 12.8. The lowest BCUT2D eigenvalue weighted by atomic mass is 10.1. The number of carbonyl (C=O) groups is 1. The van der Waals surface area contributed by atoms with Gasteiger partial charge in [-0.1, -0.05) is 11.6 Å². The van der Waals surface area contributed by atoms with Gasteiger partial charge in [0.2, 0.25) is 5.88 Å². The van der Waals surface area contributed by atoms with Crippen molar-refractivity contribution in [2.45, 2.75) is 6.92 Å². The molecule has 6 nitrogen and oxygen atoms in total. The summed E-state index contributed by atoms with van der Waals surface area (Å²) in [6.07, 6.45) is 1.39. The van der Waals surface area contributed by atoms with Crippen LogP contribution in [0.1, 0.15) is 17.4 Å². The van der Waals surface area contributed by atoms with Crippen LogP contribution in [0.2, 0.25) is 5.15 Å². The maximum absolute atomic E-state index is 11.6. The van der Waals surface area contributed by atoms with Crippen LogP contribution in [0.4, 0.5) is 0 Å². The summed E-state index contributed by atoms with van der Waals surface area (Å²) in [6.45, 7) is 2.25. The minimum atomic E-state index is -0.685. The fourth-order valence-electron chi connectivity index (χ4n) is 1.57. The fourth-order valence-corrected chi connectivity index (χ4v) is 2.11. The highest BCUT2D eigenvalue weighted by molar-refractivity contribution is 9.10. The third kappa shape index (κ3) is 3.05. The number of amides is 1. The van der Waals surface area contributed by atoms with Crippen molar-refractivity contribution < 1.29 is 9.53 Å². The first-order valence-corrected chi connectivity index (χ1v) is 6.82. The molecule has 0 fully saturated rings. The zero-order valence-electron chi connectivity index (χ0n) is 10.4. The van der Waals surface area contributed by atoms with E-state index >= 15 is 0 Å². The molecule has 0 aliphatic heterocycles. The number of ether oxygens (including phenoxy) is 1. The molecule has 104 valence electrons. The summed E-state index contributed by atoms with van der Waals surface area (Å²) in [6, 6.07) is 3.27. The van der Waals surface area contributed by atoms with Crippen LogP contribution in [0.5, 0.6) is 5.88 Å². The number of primary amides is 1. The molecule has 2 aromatic rings. The van der Waals surface area contributed by atoms with Crippen LogP contribution in [-0.2, 0) is 0 Å². The average Bonchev–Trinajstić information content (AvgIpc) is 2.42. The van der Waals surface area contributed by atoms with E-state index < -0.39 is 5.91 Å². The maximum atomic E-state index is 11.6. The molecular formula is C12H10BrClN4O2. The van der Waals surface area contributed by atoms with E-state index in [0.717, 1.165) is 0 Å². The van der Waals surface area contributed by atoms with Gasteiger partial charge in [-0.15, -0.1) is 0 Å². The van der Waals surface area contributed by atoms with Crippen LogP contribution in [0.3, 0.4) is 0 Å². The number of nitrogens with two attached hydrogens (primary N) is 1. The number of aromatic nitrogens is 3. The third-order valence-electron chi connectivity index (χ3n) is 2.35. The SMILES string of the molecule is CCOc1ccc(-c2nc(Cl)cnc2Br)c(C(N)=O)n1. The van der Waals surface area contributed by atoms with Gasteiger partial charge in [0.25, 0.3) is 5.91 Å². The first kappa shape index (κ1) is 14.7. The standard InChI is InChI=1S/C12H10BrClN4O2/c1-2-20-8-4-3-6(10(18-8)12(15)19)9-11(13)16-5-7(14)17-9/h3-5H,2H2,1H3,(H2,15,19). The molecule has 8 heteroatoms. The average molecular weight is 358 g/mol. The van der Waals surface area contributed by atoms with Crippen molar-refractivity contribution in [3.05, 3.63) is 33.8 Å². The van der Waals surface area contributed by atoms with Gasteiger partial charge in [-0.05, 0) is 28.9 Å². The van der Waals surface area contributed by atoms with E-state index in [9.17, 15) is 4.79 Å². The van der Waals surface area contributed by atoms with Crippen molar-refractivity contribution in [3.8, 4) is 17.1 Å². The molecule has 0 radical (unpaired) electrons. The molecule has 0 bridgehead atoms. The van der Waals surface area contributed by atoms with Crippen LogP contribution < -0.4 is 10.5 Å². The fraction of sp³-hybridized carbons (Fsp3) is 0.167. The number of pyridine rings is 1. The van der Waals surface area contributed by atoms with Gasteiger partial charge in [0.05, 0.1) is 12.8 Å². The van der Waals surface area contributed by atoms with Crippen LogP contribution in [0.15, 0.2) is 22.9 Å². The summed E-state index contributed by atoms with van der Waals surface area (Å²) in [7, 11) is 0. The molecule has 0 aliphatic rings. The van der Waals surface area contributed by atoms with Crippen LogP contribution in [0, 0.1) is 0 Å². The van der Waals surface area contributed by atoms with E-state index in [0.29, 0.717) is 28.3 Å². The maximum Gasteiger partial charge on any atom is 0.268 e. The first-order valence-electron chi connectivity index (χ1n) is 5.65. The number of rotatable bonds is 4. The molecule has 2 rings (SSSR count). The predicted molar refractivity (Wildman–Crippen MR) is 77.7 cm³/mol. The largest absolute Gasteiger partial charge is 0.478 e. The number of halogens is 2. The Balaban J connectivity index is 2.61. The lowest BCUT2D eigenvalue weighted by molar-refractivity contribution is 0.0995. The Bertz CT molecular complexity index is 666. The van der Waals surface area contributed by atoms with Crippen molar-refractivity contribution in [1.82, 2.24) is 15.0 Å².